The van der Waals surface area contributed by atoms with Gasteiger partial charge in [0.05, 0.1) is 10.7 Å². The Morgan fingerprint density at radius 3 is 2.58 bits per heavy atom. The number of likely N-dealkylation sites (N-methyl/N-ethyl adjacent to an activating group) is 1. The molecule has 108 valence electrons. The van der Waals surface area contributed by atoms with Crippen molar-refractivity contribution in [2.24, 2.45) is 11.8 Å². The maximum Gasteiger partial charge on any atom is 0.0897 e. The van der Waals surface area contributed by atoms with Crippen molar-refractivity contribution in [2.45, 2.75) is 65.3 Å². The second-order valence-electron chi connectivity index (χ2n) is 5.92. The molecule has 1 unspecified atom stereocenters. The number of aryl methyl sites for hydroxylation is 1. The van der Waals surface area contributed by atoms with Crippen molar-refractivity contribution < 1.29 is 0 Å². The third-order valence-electron chi connectivity index (χ3n) is 4.60. The molecule has 0 saturated heterocycles. The van der Waals surface area contributed by atoms with E-state index in [0.717, 1.165) is 24.8 Å². The van der Waals surface area contributed by atoms with E-state index in [-0.39, 0.29) is 0 Å². The van der Waals surface area contributed by atoms with Crippen LogP contribution in [-0.2, 0) is 6.42 Å². The van der Waals surface area contributed by atoms with Gasteiger partial charge in [-0.05, 0) is 38.1 Å². The molecule has 0 aromatic carbocycles. The molecule has 0 aliphatic heterocycles. The smallest absolute Gasteiger partial charge is 0.0897 e. The molecular weight excluding hydrogens is 252 g/mol. The van der Waals surface area contributed by atoms with Gasteiger partial charge in [-0.1, -0.05) is 33.1 Å². The highest BCUT2D eigenvalue weighted by Gasteiger charge is 2.27. The molecule has 1 aromatic heterocycles. The zero-order valence-corrected chi connectivity index (χ0v) is 13.4. The molecule has 3 heteroatoms. The van der Waals surface area contributed by atoms with Crippen molar-refractivity contribution in [3.63, 3.8) is 0 Å². The fourth-order valence-electron chi connectivity index (χ4n) is 3.39. The average molecular weight is 280 g/mol. The lowest BCUT2D eigenvalue weighted by molar-refractivity contribution is 0.217. The SMILES string of the molecule is CCNC(Cc1csc(C)n1)C1CCC(CC)CC1. The fraction of sp³-hybridized carbons (Fsp3) is 0.812. The minimum Gasteiger partial charge on any atom is -0.314 e. The lowest BCUT2D eigenvalue weighted by atomic mass is 9.76. The van der Waals surface area contributed by atoms with E-state index < -0.39 is 0 Å². The molecule has 1 fully saturated rings. The molecule has 1 atom stereocenters. The molecule has 1 N–H and O–H groups in total. The fourth-order valence-corrected chi connectivity index (χ4v) is 4.02. The molecule has 0 spiro atoms. The molecule has 1 heterocycles. The highest BCUT2D eigenvalue weighted by atomic mass is 32.1. The van der Waals surface area contributed by atoms with Crippen molar-refractivity contribution in [3.05, 3.63) is 16.1 Å². The first-order valence-corrected chi connectivity index (χ1v) is 8.75. The molecule has 1 saturated carbocycles. The van der Waals surface area contributed by atoms with Crippen molar-refractivity contribution in [2.75, 3.05) is 6.54 Å². The van der Waals surface area contributed by atoms with Crippen molar-refractivity contribution in [1.82, 2.24) is 10.3 Å². The number of thiazole rings is 1. The zero-order chi connectivity index (χ0) is 13.7. The van der Waals surface area contributed by atoms with E-state index in [1.165, 1.54) is 42.8 Å². The van der Waals surface area contributed by atoms with Crippen LogP contribution in [0.15, 0.2) is 5.38 Å². The summed E-state index contributed by atoms with van der Waals surface area (Å²) >= 11 is 1.78. The van der Waals surface area contributed by atoms with Gasteiger partial charge in [0.15, 0.2) is 0 Å². The Balaban J connectivity index is 1.92. The second-order valence-corrected chi connectivity index (χ2v) is 6.98. The normalized spacial score (nSPS) is 25.4. The van der Waals surface area contributed by atoms with Gasteiger partial charge in [0.25, 0.3) is 0 Å². The van der Waals surface area contributed by atoms with E-state index >= 15 is 0 Å². The van der Waals surface area contributed by atoms with Gasteiger partial charge in [0.1, 0.15) is 0 Å². The predicted molar refractivity (Wildman–Crippen MR) is 83.8 cm³/mol. The van der Waals surface area contributed by atoms with Crippen LogP contribution in [0, 0.1) is 18.8 Å². The Hall–Kier alpha value is -0.410. The predicted octanol–water partition coefficient (Wildman–Crippen LogP) is 4.19. The molecule has 1 aromatic rings. The van der Waals surface area contributed by atoms with Crippen LogP contribution in [0.3, 0.4) is 0 Å². The summed E-state index contributed by atoms with van der Waals surface area (Å²) in [6.07, 6.45) is 8.14. The summed E-state index contributed by atoms with van der Waals surface area (Å²) in [5, 5.41) is 7.14. The number of nitrogens with one attached hydrogen (secondary N) is 1. The number of hydrogen-bond acceptors (Lipinski definition) is 3. The Morgan fingerprint density at radius 1 is 1.32 bits per heavy atom. The molecule has 0 bridgehead atoms. The van der Waals surface area contributed by atoms with E-state index in [2.05, 4.69) is 36.5 Å². The number of hydrogen-bond donors (Lipinski definition) is 1. The van der Waals surface area contributed by atoms with Crippen LogP contribution >= 0.6 is 11.3 Å². The first kappa shape index (κ1) is 15.0. The van der Waals surface area contributed by atoms with Gasteiger partial charge in [-0.3, -0.25) is 0 Å². The summed E-state index contributed by atoms with van der Waals surface area (Å²) in [6.45, 7) is 7.73. The van der Waals surface area contributed by atoms with Crippen LogP contribution in [0.1, 0.15) is 56.7 Å². The first-order valence-electron chi connectivity index (χ1n) is 7.87. The van der Waals surface area contributed by atoms with Gasteiger partial charge in [-0.2, -0.15) is 0 Å². The molecule has 1 aliphatic carbocycles. The zero-order valence-electron chi connectivity index (χ0n) is 12.6. The van der Waals surface area contributed by atoms with E-state index in [4.69, 9.17) is 0 Å². The highest BCUT2D eigenvalue weighted by molar-refractivity contribution is 7.09. The molecule has 1 aliphatic rings. The van der Waals surface area contributed by atoms with E-state index in [9.17, 15) is 0 Å². The van der Waals surface area contributed by atoms with Gasteiger partial charge >= 0.3 is 0 Å². The quantitative estimate of drug-likeness (QED) is 0.845. The summed E-state index contributed by atoms with van der Waals surface area (Å²) in [4.78, 5) is 4.64. The Morgan fingerprint density at radius 2 is 2.05 bits per heavy atom. The minimum atomic E-state index is 0.629. The third-order valence-corrected chi connectivity index (χ3v) is 5.42. The lowest BCUT2D eigenvalue weighted by Crippen LogP contribution is -2.39. The Bertz CT molecular complexity index is 367. The van der Waals surface area contributed by atoms with E-state index in [0.29, 0.717) is 6.04 Å². The van der Waals surface area contributed by atoms with Crippen molar-refractivity contribution in [3.8, 4) is 0 Å². The number of rotatable bonds is 6. The summed E-state index contributed by atoms with van der Waals surface area (Å²) in [6, 6.07) is 0.629. The van der Waals surface area contributed by atoms with Crippen LogP contribution in [0.2, 0.25) is 0 Å². The molecule has 2 rings (SSSR count). The Kier molecular flexibility index (Phi) is 5.83. The maximum absolute atomic E-state index is 4.64. The van der Waals surface area contributed by atoms with Gasteiger partial charge in [-0.25, -0.2) is 4.98 Å². The van der Waals surface area contributed by atoms with Gasteiger partial charge in [-0.15, -0.1) is 11.3 Å². The van der Waals surface area contributed by atoms with E-state index in [1.54, 1.807) is 11.3 Å². The second kappa shape index (κ2) is 7.39. The standard InChI is InChI=1S/C16H28N2S/c1-4-13-6-8-14(9-7-13)16(17-5-2)10-15-11-19-12(3)18-15/h11,13-14,16-17H,4-10H2,1-3H3. The lowest BCUT2D eigenvalue weighted by Gasteiger charge is -2.34. The van der Waals surface area contributed by atoms with E-state index in [1.807, 2.05) is 0 Å². The molecule has 19 heavy (non-hydrogen) atoms. The van der Waals surface area contributed by atoms with Crippen LogP contribution in [0.25, 0.3) is 0 Å². The summed E-state index contributed by atoms with van der Waals surface area (Å²) in [5.41, 5.74) is 1.28. The molecule has 0 amide bonds. The average Bonchev–Trinajstić information content (AvgIpc) is 2.84. The van der Waals surface area contributed by atoms with Crippen LogP contribution in [0.5, 0.6) is 0 Å². The first-order chi connectivity index (χ1) is 9.22. The van der Waals surface area contributed by atoms with Gasteiger partial charge < -0.3 is 5.32 Å². The Labute approximate surface area is 122 Å². The molecule has 0 radical (unpaired) electrons. The minimum absolute atomic E-state index is 0.629. The highest BCUT2D eigenvalue weighted by Crippen LogP contribution is 2.33. The largest absolute Gasteiger partial charge is 0.314 e. The van der Waals surface area contributed by atoms with Crippen LogP contribution in [0.4, 0.5) is 0 Å². The maximum atomic E-state index is 4.64. The summed E-state index contributed by atoms with van der Waals surface area (Å²) < 4.78 is 0. The summed E-state index contributed by atoms with van der Waals surface area (Å²) in [7, 11) is 0. The van der Waals surface area contributed by atoms with Crippen molar-refractivity contribution >= 4 is 11.3 Å². The molecule has 2 nitrogen and oxygen atoms in total. The van der Waals surface area contributed by atoms with Crippen molar-refractivity contribution in [1.29, 1.82) is 0 Å². The van der Waals surface area contributed by atoms with Crippen LogP contribution in [-0.4, -0.2) is 17.6 Å². The summed E-state index contributed by atoms with van der Waals surface area (Å²) in [5.74, 6) is 1.84. The number of nitrogens with zero attached hydrogens (tertiary/aromatic N) is 1. The van der Waals surface area contributed by atoms with Gasteiger partial charge in [0.2, 0.25) is 0 Å². The molecular formula is C16H28N2S. The van der Waals surface area contributed by atoms with Crippen LogP contribution < -0.4 is 5.32 Å². The third kappa shape index (κ3) is 4.28. The number of aromatic nitrogens is 1. The monoisotopic (exact) mass is 280 g/mol. The topological polar surface area (TPSA) is 24.9 Å². The van der Waals surface area contributed by atoms with Gasteiger partial charge in [0, 0.05) is 17.8 Å².